The zero-order valence-corrected chi connectivity index (χ0v) is 14.2. The van der Waals surface area contributed by atoms with E-state index in [1.54, 1.807) is 7.05 Å². The Labute approximate surface area is 143 Å². The molecule has 2 saturated heterocycles. The first-order valence-electron chi connectivity index (χ1n) is 8.62. The predicted molar refractivity (Wildman–Crippen MR) is 92.2 cm³/mol. The second kappa shape index (κ2) is 7.66. The van der Waals surface area contributed by atoms with E-state index in [9.17, 15) is 9.59 Å². The van der Waals surface area contributed by atoms with Gasteiger partial charge in [0.05, 0.1) is 25.3 Å². The molecule has 0 N–H and O–H groups in total. The van der Waals surface area contributed by atoms with Crippen molar-refractivity contribution < 1.29 is 14.3 Å². The van der Waals surface area contributed by atoms with E-state index in [1.165, 1.54) is 4.90 Å². The van der Waals surface area contributed by atoms with Gasteiger partial charge in [-0.3, -0.25) is 9.59 Å². The molecule has 0 radical (unpaired) electrons. The van der Waals surface area contributed by atoms with Crippen LogP contribution < -0.4 is 4.90 Å². The van der Waals surface area contributed by atoms with Crippen molar-refractivity contribution in [1.82, 2.24) is 9.80 Å². The Balaban J connectivity index is 1.70. The monoisotopic (exact) mass is 331 g/mol. The average molecular weight is 331 g/mol. The van der Waals surface area contributed by atoms with E-state index in [2.05, 4.69) is 4.90 Å². The Morgan fingerprint density at radius 3 is 2.46 bits per heavy atom. The molecule has 0 unspecified atom stereocenters. The van der Waals surface area contributed by atoms with Gasteiger partial charge in [0, 0.05) is 38.9 Å². The molecule has 1 aromatic rings. The summed E-state index contributed by atoms with van der Waals surface area (Å²) in [6.45, 7) is 4.66. The van der Waals surface area contributed by atoms with Crippen LogP contribution in [0.15, 0.2) is 24.3 Å². The van der Waals surface area contributed by atoms with Crippen LogP contribution in [0.25, 0.3) is 0 Å². The van der Waals surface area contributed by atoms with E-state index in [1.807, 2.05) is 29.2 Å². The number of benzene rings is 1. The lowest BCUT2D eigenvalue weighted by Crippen LogP contribution is -2.41. The van der Waals surface area contributed by atoms with Crippen LogP contribution in [-0.4, -0.2) is 74.6 Å². The molecule has 1 aromatic carbocycles. The van der Waals surface area contributed by atoms with Crippen molar-refractivity contribution in [1.29, 1.82) is 0 Å². The number of anilines is 1. The van der Waals surface area contributed by atoms with Crippen molar-refractivity contribution in [2.24, 2.45) is 0 Å². The maximum Gasteiger partial charge on any atom is 0.256 e. The van der Waals surface area contributed by atoms with Crippen molar-refractivity contribution in [3.05, 3.63) is 29.8 Å². The summed E-state index contributed by atoms with van der Waals surface area (Å²) >= 11 is 0. The number of hydrogen-bond donors (Lipinski definition) is 0. The fourth-order valence-electron chi connectivity index (χ4n) is 3.28. The summed E-state index contributed by atoms with van der Waals surface area (Å²) in [5.74, 6) is -0.0724. The Bertz CT molecular complexity index is 593. The lowest BCUT2D eigenvalue weighted by atomic mass is 10.1. The molecule has 3 rings (SSSR count). The highest BCUT2D eigenvalue weighted by Crippen LogP contribution is 2.23. The number of likely N-dealkylation sites (N-methyl/N-ethyl adjacent to an activating group) is 1. The van der Waals surface area contributed by atoms with Gasteiger partial charge in [0.15, 0.2) is 0 Å². The lowest BCUT2D eigenvalue weighted by Gasteiger charge is -2.31. The highest BCUT2D eigenvalue weighted by atomic mass is 16.5. The fourth-order valence-corrected chi connectivity index (χ4v) is 3.28. The van der Waals surface area contributed by atoms with Crippen LogP contribution >= 0.6 is 0 Å². The van der Waals surface area contributed by atoms with E-state index in [0.717, 1.165) is 44.7 Å². The van der Waals surface area contributed by atoms with Gasteiger partial charge in [-0.1, -0.05) is 12.1 Å². The minimum absolute atomic E-state index is 0.0344. The van der Waals surface area contributed by atoms with Gasteiger partial charge < -0.3 is 19.4 Å². The standard InChI is InChI=1S/C18H25N3O3/c1-19(14-17(22)21-8-4-5-9-21)18(23)15-6-2-3-7-16(15)20-10-12-24-13-11-20/h2-3,6-7H,4-5,8-14H2,1H3. The highest BCUT2D eigenvalue weighted by molar-refractivity contribution is 6.01. The van der Waals surface area contributed by atoms with Gasteiger partial charge in [-0.15, -0.1) is 0 Å². The topological polar surface area (TPSA) is 53.1 Å². The molecule has 2 aliphatic rings. The minimum Gasteiger partial charge on any atom is -0.378 e. The van der Waals surface area contributed by atoms with Gasteiger partial charge in [-0.2, -0.15) is 0 Å². The molecule has 0 spiro atoms. The predicted octanol–water partition coefficient (Wildman–Crippen LogP) is 1.22. The SMILES string of the molecule is CN(CC(=O)N1CCCC1)C(=O)c1ccccc1N1CCOCC1. The Morgan fingerprint density at radius 2 is 1.75 bits per heavy atom. The van der Waals surface area contributed by atoms with Crippen LogP contribution in [-0.2, 0) is 9.53 Å². The van der Waals surface area contributed by atoms with E-state index >= 15 is 0 Å². The molecule has 130 valence electrons. The quantitative estimate of drug-likeness (QED) is 0.832. The fraction of sp³-hybridized carbons (Fsp3) is 0.556. The van der Waals surface area contributed by atoms with E-state index in [-0.39, 0.29) is 18.4 Å². The minimum atomic E-state index is -0.107. The van der Waals surface area contributed by atoms with Crippen LogP contribution in [0.4, 0.5) is 5.69 Å². The number of para-hydroxylation sites is 1. The van der Waals surface area contributed by atoms with Gasteiger partial charge in [-0.05, 0) is 25.0 Å². The van der Waals surface area contributed by atoms with Crippen molar-refractivity contribution in [3.63, 3.8) is 0 Å². The third-order valence-electron chi connectivity index (χ3n) is 4.66. The first kappa shape index (κ1) is 16.8. The molecule has 2 heterocycles. The van der Waals surface area contributed by atoms with Gasteiger partial charge in [-0.25, -0.2) is 0 Å². The molecule has 0 atom stereocenters. The molecule has 2 aliphatic heterocycles. The number of rotatable bonds is 4. The summed E-state index contributed by atoms with van der Waals surface area (Å²) in [6, 6.07) is 7.61. The Hall–Kier alpha value is -2.08. The van der Waals surface area contributed by atoms with Crippen LogP contribution in [0.3, 0.4) is 0 Å². The molecular weight excluding hydrogens is 306 g/mol. The summed E-state index contributed by atoms with van der Waals surface area (Å²) < 4.78 is 5.39. The number of ether oxygens (including phenoxy) is 1. The Kier molecular flexibility index (Phi) is 5.35. The zero-order chi connectivity index (χ0) is 16.9. The smallest absolute Gasteiger partial charge is 0.256 e. The normalized spacial score (nSPS) is 17.9. The van der Waals surface area contributed by atoms with Gasteiger partial charge in [0.2, 0.25) is 5.91 Å². The van der Waals surface area contributed by atoms with Crippen LogP contribution in [0.2, 0.25) is 0 Å². The van der Waals surface area contributed by atoms with Crippen LogP contribution in [0.1, 0.15) is 23.2 Å². The molecular formula is C18H25N3O3. The van der Waals surface area contributed by atoms with Crippen molar-refractivity contribution >= 4 is 17.5 Å². The van der Waals surface area contributed by atoms with E-state index in [4.69, 9.17) is 4.74 Å². The summed E-state index contributed by atoms with van der Waals surface area (Å²) in [5.41, 5.74) is 1.57. The number of nitrogens with zero attached hydrogens (tertiary/aromatic N) is 3. The molecule has 0 aromatic heterocycles. The van der Waals surface area contributed by atoms with Gasteiger partial charge in [0.25, 0.3) is 5.91 Å². The number of morpholine rings is 1. The molecule has 6 heteroatoms. The van der Waals surface area contributed by atoms with Crippen molar-refractivity contribution in [2.75, 3.05) is 57.9 Å². The van der Waals surface area contributed by atoms with E-state index < -0.39 is 0 Å². The second-order valence-electron chi connectivity index (χ2n) is 6.37. The largest absolute Gasteiger partial charge is 0.378 e. The number of carbonyl (C=O) groups excluding carboxylic acids is 2. The number of amides is 2. The second-order valence-corrected chi connectivity index (χ2v) is 6.37. The summed E-state index contributed by atoms with van der Waals surface area (Å²) in [6.07, 6.45) is 2.12. The number of carbonyl (C=O) groups is 2. The first-order chi connectivity index (χ1) is 11.7. The summed E-state index contributed by atoms with van der Waals surface area (Å²) in [4.78, 5) is 30.7. The summed E-state index contributed by atoms with van der Waals surface area (Å²) in [5, 5.41) is 0. The molecule has 2 fully saturated rings. The number of likely N-dealkylation sites (tertiary alicyclic amines) is 1. The molecule has 2 amide bonds. The molecule has 0 aliphatic carbocycles. The maximum atomic E-state index is 12.9. The maximum absolute atomic E-state index is 12.9. The zero-order valence-electron chi connectivity index (χ0n) is 14.2. The third kappa shape index (κ3) is 3.70. The van der Waals surface area contributed by atoms with Gasteiger partial charge in [0.1, 0.15) is 0 Å². The Morgan fingerprint density at radius 1 is 1.08 bits per heavy atom. The first-order valence-corrected chi connectivity index (χ1v) is 8.62. The lowest BCUT2D eigenvalue weighted by molar-refractivity contribution is -0.130. The van der Waals surface area contributed by atoms with Crippen LogP contribution in [0, 0.1) is 0 Å². The molecule has 6 nitrogen and oxygen atoms in total. The summed E-state index contributed by atoms with van der Waals surface area (Å²) in [7, 11) is 1.70. The third-order valence-corrected chi connectivity index (χ3v) is 4.66. The highest BCUT2D eigenvalue weighted by Gasteiger charge is 2.24. The van der Waals surface area contributed by atoms with Crippen molar-refractivity contribution in [3.8, 4) is 0 Å². The number of hydrogen-bond acceptors (Lipinski definition) is 4. The van der Waals surface area contributed by atoms with Crippen molar-refractivity contribution in [2.45, 2.75) is 12.8 Å². The molecule has 0 bridgehead atoms. The van der Waals surface area contributed by atoms with Crippen LogP contribution in [0.5, 0.6) is 0 Å². The molecule has 0 saturated carbocycles. The average Bonchev–Trinajstić information content (AvgIpc) is 3.16. The van der Waals surface area contributed by atoms with Gasteiger partial charge >= 0.3 is 0 Å². The molecule has 24 heavy (non-hydrogen) atoms. The van der Waals surface area contributed by atoms with E-state index in [0.29, 0.717) is 18.8 Å².